The molecule has 3 aromatic rings. The van der Waals surface area contributed by atoms with Crippen molar-refractivity contribution in [3.63, 3.8) is 0 Å². The fourth-order valence-electron chi connectivity index (χ4n) is 2.44. The molecule has 3 rings (SSSR count). The molecule has 2 heterocycles. The van der Waals surface area contributed by atoms with Gasteiger partial charge in [0.25, 0.3) is 11.5 Å². The molecule has 0 saturated heterocycles. The standard InChI is InChI=1S/C18H20N6O2/c1-22(2)14-6-4-13(5-7-14)12-24-16(10-11-19-24)20-18(26)15-8-9-17(25)23(3)21-15/h4-11H,12H2,1-3H3,(H,20,26). The highest BCUT2D eigenvalue weighted by molar-refractivity contribution is 6.02. The summed E-state index contributed by atoms with van der Waals surface area (Å²) in [6, 6.07) is 12.5. The van der Waals surface area contributed by atoms with E-state index in [9.17, 15) is 9.59 Å². The first-order valence-electron chi connectivity index (χ1n) is 8.08. The summed E-state index contributed by atoms with van der Waals surface area (Å²) in [6.45, 7) is 0.525. The summed E-state index contributed by atoms with van der Waals surface area (Å²) in [5.41, 5.74) is 2.07. The molecule has 2 aromatic heterocycles. The fraction of sp³-hybridized carbons (Fsp3) is 0.222. The number of aromatic nitrogens is 4. The predicted molar refractivity (Wildman–Crippen MR) is 99.5 cm³/mol. The molecule has 0 aliphatic heterocycles. The Labute approximate surface area is 150 Å². The number of nitrogens with one attached hydrogen (secondary N) is 1. The van der Waals surface area contributed by atoms with Crippen molar-refractivity contribution in [1.82, 2.24) is 19.6 Å². The third-order valence-corrected chi connectivity index (χ3v) is 3.94. The van der Waals surface area contributed by atoms with E-state index in [4.69, 9.17) is 0 Å². The van der Waals surface area contributed by atoms with Gasteiger partial charge in [-0.25, -0.2) is 9.36 Å². The van der Waals surface area contributed by atoms with Crippen molar-refractivity contribution in [1.29, 1.82) is 0 Å². The van der Waals surface area contributed by atoms with Crippen LogP contribution in [0.15, 0.2) is 53.5 Å². The number of anilines is 2. The van der Waals surface area contributed by atoms with E-state index in [-0.39, 0.29) is 11.3 Å². The molecule has 0 radical (unpaired) electrons. The second kappa shape index (κ2) is 7.22. The monoisotopic (exact) mass is 352 g/mol. The van der Waals surface area contributed by atoms with E-state index in [1.807, 2.05) is 43.3 Å². The first kappa shape index (κ1) is 17.4. The smallest absolute Gasteiger partial charge is 0.277 e. The number of benzene rings is 1. The Bertz CT molecular complexity index is 972. The number of carbonyl (C=O) groups is 1. The molecule has 134 valence electrons. The topological polar surface area (TPSA) is 85.0 Å². The van der Waals surface area contributed by atoms with Crippen molar-refractivity contribution >= 4 is 17.4 Å². The summed E-state index contributed by atoms with van der Waals surface area (Å²) in [4.78, 5) is 25.8. The fourth-order valence-corrected chi connectivity index (χ4v) is 2.44. The molecule has 1 N–H and O–H groups in total. The molecule has 8 heteroatoms. The van der Waals surface area contributed by atoms with Crippen LogP contribution in [-0.4, -0.2) is 39.6 Å². The number of carbonyl (C=O) groups excluding carboxylic acids is 1. The van der Waals surface area contributed by atoms with Crippen molar-refractivity contribution in [2.24, 2.45) is 7.05 Å². The van der Waals surface area contributed by atoms with E-state index in [0.29, 0.717) is 12.4 Å². The van der Waals surface area contributed by atoms with Gasteiger partial charge in [-0.15, -0.1) is 0 Å². The number of amides is 1. The second-order valence-electron chi connectivity index (χ2n) is 6.07. The quantitative estimate of drug-likeness (QED) is 0.749. The Balaban J connectivity index is 1.74. The summed E-state index contributed by atoms with van der Waals surface area (Å²) in [7, 11) is 5.48. The number of nitrogens with zero attached hydrogens (tertiary/aromatic N) is 5. The van der Waals surface area contributed by atoms with Gasteiger partial charge in [-0.05, 0) is 23.8 Å². The largest absolute Gasteiger partial charge is 0.378 e. The summed E-state index contributed by atoms with van der Waals surface area (Å²) in [5, 5.41) is 11.0. The number of hydrogen-bond acceptors (Lipinski definition) is 5. The first-order chi connectivity index (χ1) is 12.4. The molecule has 0 saturated carbocycles. The lowest BCUT2D eigenvalue weighted by molar-refractivity contribution is 0.101. The molecule has 0 unspecified atom stereocenters. The molecule has 0 bridgehead atoms. The third kappa shape index (κ3) is 3.80. The van der Waals surface area contributed by atoms with Gasteiger partial charge >= 0.3 is 0 Å². The maximum absolute atomic E-state index is 12.4. The van der Waals surface area contributed by atoms with Gasteiger partial charge in [0.15, 0.2) is 0 Å². The van der Waals surface area contributed by atoms with Crippen LogP contribution in [-0.2, 0) is 13.6 Å². The highest BCUT2D eigenvalue weighted by Crippen LogP contribution is 2.15. The van der Waals surface area contributed by atoms with Crippen LogP contribution in [0.2, 0.25) is 0 Å². The van der Waals surface area contributed by atoms with Gasteiger partial charge in [0, 0.05) is 39.0 Å². The van der Waals surface area contributed by atoms with Crippen LogP contribution in [0.1, 0.15) is 16.1 Å². The van der Waals surface area contributed by atoms with Gasteiger partial charge in [-0.2, -0.15) is 10.2 Å². The zero-order chi connectivity index (χ0) is 18.7. The van der Waals surface area contributed by atoms with Crippen molar-refractivity contribution in [3.8, 4) is 0 Å². The summed E-state index contributed by atoms with van der Waals surface area (Å²) in [5.74, 6) is 0.160. The number of rotatable bonds is 5. The predicted octanol–water partition coefficient (Wildman–Crippen LogP) is 1.34. The minimum absolute atomic E-state index is 0.162. The summed E-state index contributed by atoms with van der Waals surface area (Å²) >= 11 is 0. The van der Waals surface area contributed by atoms with E-state index in [0.717, 1.165) is 15.9 Å². The van der Waals surface area contributed by atoms with E-state index in [1.54, 1.807) is 16.9 Å². The lowest BCUT2D eigenvalue weighted by Gasteiger charge is -2.13. The average Bonchev–Trinajstić information content (AvgIpc) is 3.04. The van der Waals surface area contributed by atoms with Gasteiger partial charge in [-0.3, -0.25) is 9.59 Å². The third-order valence-electron chi connectivity index (χ3n) is 3.94. The molecule has 26 heavy (non-hydrogen) atoms. The Hall–Kier alpha value is -3.42. The van der Waals surface area contributed by atoms with Crippen molar-refractivity contribution in [2.75, 3.05) is 24.3 Å². The van der Waals surface area contributed by atoms with Crippen LogP contribution < -0.4 is 15.8 Å². The van der Waals surface area contributed by atoms with Crippen LogP contribution >= 0.6 is 0 Å². The SMILES string of the molecule is CN(C)c1ccc(Cn2nccc2NC(=O)c2ccc(=O)n(C)n2)cc1. The van der Waals surface area contributed by atoms with Gasteiger partial charge in [0.1, 0.15) is 11.5 Å². The first-order valence-corrected chi connectivity index (χ1v) is 8.08. The zero-order valence-electron chi connectivity index (χ0n) is 14.9. The molecule has 0 aliphatic carbocycles. The lowest BCUT2D eigenvalue weighted by Crippen LogP contribution is -2.24. The summed E-state index contributed by atoms with van der Waals surface area (Å²) < 4.78 is 2.82. The van der Waals surface area contributed by atoms with Gasteiger partial charge < -0.3 is 10.2 Å². The molecule has 0 aliphatic rings. The molecule has 8 nitrogen and oxygen atoms in total. The van der Waals surface area contributed by atoms with Crippen LogP contribution in [0.5, 0.6) is 0 Å². The van der Waals surface area contributed by atoms with Crippen LogP contribution in [0, 0.1) is 0 Å². The van der Waals surface area contributed by atoms with E-state index >= 15 is 0 Å². The molecular weight excluding hydrogens is 332 g/mol. The van der Waals surface area contributed by atoms with E-state index in [2.05, 4.69) is 15.5 Å². The highest BCUT2D eigenvalue weighted by atomic mass is 16.2. The molecule has 1 amide bonds. The van der Waals surface area contributed by atoms with Crippen LogP contribution in [0.25, 0.3) is 0 Å². The van der Waals surface area contributed by atoms with Gasteiger partial charge in [0.2, 0.25) is 0 Å². The second-order valence-corrected chi connectivity index (χ2v) is 6.07. The Morgan fingerprint density at radius 1 is 1.12 bits per heavy atom. The minimum Gasteiger partial charge on any atom is -0.378 e. The Morgan fingerprint density at radius 2 is 1.85 bits per heavy atom. The molecule has 0 spiro atoms. The molecule has 1 aromatic carbocycles. The van der Waals surface area contributed by atoms with Crippen molar-refractivity contribution in [3.05, 3.63) is 70.3 Å². The summed E-state index contributed by atoms with van der Waals surface area (Å²) in [6.07, 6.45) is 1.62. The van der Waals surface area contributed by atoms with Gasteiger partial charge in [0.05, 0.1) is 12.7 Å². The van der Waals surface area contributed by atoms with Crippen LogP contribution in [0.3, 0.4) is 0 Å². The van der Waals surface area contributed by atoms with Crippen LogP contribution in [0.4, 0.5) is 11.5 Å². The molecule has 0 atom stereocenters. The van der Waals surface area contributed by atoms with Gasteiger partial charge in [-0.1, -0.05) is 12.1 Å². The Kier molecular flexibility index (Phi) is 4.83. The van der Waals surface area contributed by atoms with Crippen molar-refractivity contribution < 1.29 is 4.79 Å². The maximum atomic E-state index is 12.4. The zero-order valence-corrected chi connectivity index (χ0v) is 14.9. The lowest BCUT2D eigenvalue weighted by atomic mass is 10.2. The minimum atomic E-state index is -0.398. The highest BCUT2D eigenvalue weighted by Gasteiger charge is 2.12. The van der Waals surface area contributed by atoms with E-state index < -0.39 is 5.91 Å². The van der Waals surface area contributed by atoms with E-state index in [1.165, 1.54) is 19.2 Å². The van der Waals surface area contributed by atoms with Crippen molar-refractivity contribution in [2.45, 2.75) is 6.54 Å². The normalized spacial score (nSPS) is 10.6. The Morgan fingerprint density at radius 3 is 2.50 bits per heavy atom. The maximum Gasteiger partial charge on any atom is 0.277 e. The molecular formula is C18H20N6O2. The molecule has 0 fully saturated rings. The number of hydrogen-bond donors (Lipinski definition) is 1. The average molecular weight is 352 g/mol. The number of aryl methyl sites for hydroxylation is 1.